The predicted octanol–water partition coefficient (Wildman–Crippen LogP) is 1.73. The SMILES string of the molecule is COCCn1cc(NC(=O)N2CCCN(CC(C)C)CC2)cn1. The average Bonchev–Trinajstić information content (AvgIpc) is 2.81. The second-order valence-electron chi connectivity index (χ2n) is 6.45. The number of carbonyl (C=O) groups is 1. The Morgan fingerprint density at radius 1 is 1.35 bits per heavy atom. The fraction of sp³-hybridized carbons (Fsp3) is 0.750. The van der Waals surface area contributed by atoms with Crippen LogP contribution >= 0.6 is 0 Å². The van der Waals surface area contributed by atoms with Gasteiger partial charge in [0.2, 0.25) is 0 Å². The summed E-state index contributed by atoms with van der Waals surface area (Å²) in [4.78, 5) is 16.7. The van der Waals surface area contributed by atoms with Crippen molar-refractivity contribution in [2.75, 3.05) is 51.8 Å². The molecule has 0 bridgehead atoms. The number of hydrogen-bond donors (Lipinski definition) is 1. The summed E-state index contributed by atoms with van der Waals surface area (Å²) in [5.74, 6) is 0.660. The number of urea groups is 1. The van der Waals surface area contributed by atoms with E-state index < -0.39 is 0 Å². The van der Waals surface area contributed by atoms with Crippen LogP contribution in [0.4, 0.5) is 10.5 Å². The smallest absolute Gasteiger partial charge is 0.321 e. The Kier molecular flexibility index (Phi) is 6.85. The van der Waals surface area contributed by atoms with E-state index in [0.717, 1.165) is 44.8 Å². The topological polar surface area (TPSA) is 62.6 Å². The van der Waals surface area contributed by atoms with Crippen LogP contribution in [0.3, 0.4) is 0 Å². The van der Waals surface area contributed by atoms with E-state index in [2.05, 4.69) is 29.2 Å². The Labute approximate surface area is 138 Å². The van der Waals surface area contributed by atoms with Crippen LogP contribution in [0.25, 0.3) is 0 Å². The molecule has 0 saturated carbocycles. The lowest BCUT2D eigenvalue weighted by atomic mass is 10.2. The van der Waals surface area contributed by atoms with Crippen LogP contribution in [0, 0.1) is 5.92 Å². The molecule has 2 rings (SSSR count). The summed E-state index contributed by atoms with van der Waals surface area (Å²) in [6.07, 6.45) is 4.53. The van der Waals surface area contributed by atoms with Gasteiger partial charge in [-0.3, -0.25) is 4.68 Å². The molecule has 0 atom stereocenters. The molecule has 0 aliphatic carbocycles. The van der Waals surface area contributed by atoms with Gasteiger partial charge in [0.1, 0.15) is 0 Å². The van der Waals surface area contributed by atoms with E-state index in [1.807, 2.05) is 11.1 Å². The highest BCUT2D eigenvalue weighted by molar-refractivity contribution is 5.89. The van der Waals surface area contributed by atoms with Gasteiger partial charge in [-0.25, -0.2) is 4.79 Å². The number of methoxy groups -OCH3 is 1. The monoisotopic (exact) mass is 323 g/mol. The summed E-state index contributed by atoms with van der Waals surface area (Å²) in [5, 5.41) is 7.15. The van der Waals surface area contributed by atoms with Gasteiger partial charge in [0, 0.05) is 39.5 Å². The first-order valence-electron chi connectivity index (χ1n) is 8.38. The van der Waals surface area contributed by atoms with Gasteiger partial charge in [-0.05, 0) is 18.9 Å². The van der Waals surface area contributed by atoms with Gasteiger partial charge in [0.05, 0.1) is 25.0 Å². The summed E-state index contributed by atoms with van der Waals surface area (Å²) in [6, 6.07) is -0.0392. The Morgan fingerprint density at radius 3 is 2.91 bits per heavy atom. The van der Waals surface area contributed by atoms with Gasteiger partial charge in [0.15, 0.2) is 0 Å². The van der Waals surface area contributed by atoms with Gasteiger partial charge in [-0.15, -0.1) is 0 Å². The van der Waals surface area contributed by atoms with Crippen LogP contribution in [0.1, 0.15) is 20.3 Å². The van der Waals surface area contributed by atoms with E-state index in [0.29, 0.717) is 19.1 Å². The Morgan fingerprint density at radius 2 is 2.17 bits per heavy atom. The van der Waals surface area contributed by atoms with Crippen LogP contribution in [0.2, 0.25) is 0 Å². The number of anilines is 1. The van der Waals surface area contributed by atoms with Gasteiger partial charge < -0.3 is 19.9 Å². The molecule has 7 nitrogen and oxygen atoms in total. The summed E-state index contributed by atoms with van der Waals surface area (Å²) in [7, 11) is 1.66. The number of amides is 2. The summed E-state index contributed by atoms with van der Waals surface area (Å²) >= 11 is 0. The maximum absolute atomic E-state index is 12.4. The van der Waals surface area contributed by atoms with Crippen molar-refractivity contribution in [3.8, 4) is 0 Å². The molecule has 0 aromatic carbocycles. The molecule has 1 aromatic heterocycles. The van der Waals surface area contributed by atoms with Crippen LogP contribution in [0.5, 0.6) is 0 Å². The van der Waals surface area contributed by atoms with Crippen LogP contribution in [0.15, 0.2) is 12.4 Å². The molecule has 1 aromatic rings. The number of aromatic nitrogens is 2. The molecule has 0 spiro atoms. The van der Waals surface area contributed by atoms with Crippen molar-refractivity contribution < 1.29 is 9.53 Å². The highest BCUT2D eigenvalue weighted by Crippen LogP contribution is 2.10. The number of hydrogen-bond acceptors (Lipinski definition) is 4. The zero-order valence-electron chi connectivity index (χ0n) is 14.5. The molecule has 1 N–H and O–H groups in total. The minimum atomic E-state index is -0.0392. The molecule has 0 radical (unpaired) electrons. The molecule has 1 aliphatic heterocycles. The van der Waals surface area contributed by atoms with Gasteiger partial charge in [0.25, 0.3) is 0 Å². The highest BCUT2D eigenvalue weighted by atomic mass is 16.5. The largest absolute Gasteiger partial charge is 0.383 e. The lowest BCUT2D eigenvalue weighted by Crippen LogP contribution is -2.38. The molecule has 0 unspecified atom stereocenters. The molecular formula is C16H29N5O2. The van der Waals surface area contributed by atoms with E-state index in [4.69, 9.17) is 4.74 Å². The zero-order valence-corrected chi connectivity index (χ0v) is 14.5. The van der Waals surface area contributed by atoms with Crippen molar-refractivity contribution in [1.29, 1.82) is 0 Å². The van der Waals surface area contributed by atoms with Crippen molar-refractivity contribution >= 4 is 11.7 Å². The van der Waals surface area contributed by atoms with Crippen molar-refractivity contribution in [3.05, 3.63) is 12.4 Å². The lowest BCUT2D eigenvalue weighted by molar-refractivity contribution is 0.183. The Hall–Kier alpha value is -1.60. The number of nitrogens with zero attached hydrogens (tertiary/aromatic N) is 4. The third-order valence-corrected chi connectivity index (χ3v) is 3.91. The molecule has 130 valence electrons. The maximum atomic E-state index is 12.4. The predicted molar refractivity (Wildman–Crippen MR) is 90.6 cm³/mol. The van der Waals surface area contributed by atoms with Crippen molar-refractivity contribution in [2.24, 2.45) is 5.92 Å². The molecule has 1 saturated heterocycles. The van der Waals surface area contributed by atoms with Gasteiger partial charge in [-0.2, -0.15) is 5.10 Å². The van der Waals surface area contributed by atoms with Gasteiger partial charge in [-0.1, -0.05) is 13.8 Å². The van der Waals surface area contributed by atoms with Crippen LogP contribution in [-0.4, -0.2) is 72.1 Å². The van der Waals surface area contributed by atoms with E-state index in [1.165, 1.54) is 0 Å². The number of ether oxygens (including phenoxy) is 1. The number of carbonyl (C=O) groups excluding carboxylic acids is 1. The van der Waals surface area contributed by atoms with E-state index in [9.17, 15) is 4.79 Å². The lowest BCUT2D eigenvalue weighted by Gasteiger charge is -2.23. The summed E-state index contributed by atoms with van der Waals surface area (Å²) < 4.78 is 6.79. The second kappa shape index (κ2) is 8.88. The van der Waals surface area contributed by atoms with Crippen molar-refractivity contribution in [3.63, 3.8) is 0 Å². The Balaban J connectivity index is 1.82. The highest BCUT2D eigenvalue weighted by Gasteiger charge is 2.19. The van der Waals surface area contributed by atoms with Crippen LogP contribution in [-0.2, 0) is 11.3 Å². The third kappa shape index (κ3) is 5.84. The standard InChI is InChI=1S/C16H29N5O2/c1-14(2)12-19-5-4-6-20(8-7-19)16(22)18-15-11-17-21(13-15)9-10-23-3/h11,13-14H,4-10,12H2,1-3H3,(H,18,22). The quantitative estimate of drug-likeness (QED) is 0.866. The van der Waals surface area contributed by atoms with Crippen molar-refractivity contribution in [1.82, 2.24) is 19.6 Å². The van der Waals surface area contributed by atoms with E-state index in [1.54, 1.807) is 18.0 Å². The molecule has 2 heterocycles. The molecular weight excluding hydrogens is 294 g/mol. The zero-order chi connectivity index (χ0) is 16.7. The van der Waals surface area contributed by atoms with Crippen LogP contribution < -0.4 is 5.32 Å². The minimum Gasteiger partial charge on any atom is -0.383 e. The molecule has 2 amide bonds. The molecule has 1 aliphatic rings. The number of nitrogens with one attached hydrogen (secondary N) is 1. The minimum absolute atomic E-state index is 0.0392. The molecule has 7 heteroatoms. The average molecular weight is 323 g/mol. The summed E-state index contributed by atoms with van der Waals surface area (Å²) in [5.41, 5.74) is 0.731. The first kappa shape index (κ1) is 17.7. The second-order valence-corrected chi connectivity index (χ2v) is 6.45. The first-order valence-corrected chi connectivity index (χ1v) is 8.38. The Bertz CT molecular complexity index is 489. The maximum Gasteiger partial charge on any atom is 0.321 e. The first-order chi connectivity index (χ1) is 11.1. The third-order valence-electron chi connectivity index (χ3n) is 3.91. The summed E-state index contributed by atoms with van der Waals surface area (Å²) in [6.45, 7) is 10.4. The van der Waals surface area contributed by atoms with E-state index >= 15 is 0 Å². The normalized spacial score (nSPS) is 16.6. The fourth-order valence-electron chi connectivity index (χ4n) is 2.81. The molecule has 1 fully saturated rings. The fourth-order valence-corrected chi connectivity index (χ4v) is 2.81. The van der Waals surface area contributed by atoms with Gasteiger partial charge >= 0.3 is 6.03 Å². The molecule has 23 heavy (non-hydrogen) atoms. The number of rotatable bonds is 6. The van der Waals surface area contributed by atoms with E-state index in [-0.39, 0.29) is 6.03 Å². The van der Waals surface area contributed by atoms with Crippen molar-refractivity contribution in [2.45, 2.75) is 26.8 Å².